The van der Waals surface area contributed by atoms with Crippen LogP contribution in [-0.4, -0.2) is 27.4 Å². The molecule has 20 heavy (non-hydrogen) atoms. The topological polar surface area (TPSA) is 47.4 Å². The van der Waals surface area contributed by atoms with Crippen LogP contribution in [0.4, 0.5) is 5.69 Å². The quantitative estimate of drug-likeness (QED) is 0.621. The summed E-state index contributed by atoms with van der Waals surface area (Å²) in [5.74, 6) is 1.72. The SMILES string of the molecule is CCOc1ccc(C(=Nc2ccncc2)SCC)nc1. The van der Waals surface area contributed by atoms with E-state index in [2.05, 4.69) is 21.9 Å². The second-order valence-electron chi connectivity index (χ2n) is 3.87. The van der Waals surface area contributed by atoms with Crippen molar-refractivity contribution in [2.45, 2.75) is 13.8 Å². The number of aromatic nitrogens is 2. The molecule has 0 aliphatic heterocycles. The van der Waals surface area contributed by atoms with Crippen molar-refractivity contribution >= 4 is 22.5 Å². The van der Waals surface area contributed by atoms with Gasteiger partial charge in [0.25, 0.3) is 0 Å². The molecule has 0 bridgehead atoms. The molecule has 0 saturated heterocycles. The fourth-order valence-electron chi connectivity index (χ4n) is 1.59. The molecule has 0 unspecified atom stereocenters. The molecule has 0 saturated carbocycles. The fraction of sp³-hybridized carbons (Fsp3) is 0.267. The lowest BCUT2D eigenvalue weighted by Gasteiger charge is -2.06. The first-order valence-corrected chi connectivity index (χ1v) is 7.52. The summed E-state index contributed by atoms with van der Waals surface area (Å²) in [5.41, 5.74) is 1.74. The monoisotopic (exact) mass is 287 g/mol. The average Bonchev–Trinajstić information content (AvgIpc) is 2.49. The Kier molecular flexibility index (Phi) is 5.55. The largest absolute Gasteiger partial charge is 0.492 e. The van der Waals surface area contributed by atoms with E-state index in [9.17, 15) is 0 Å². The Bertz CT molecular complexity index is 555. The van der Waals surface area contributed by atoms with Crippen LogP contribution in [0.5, 0.6) is 5.75 Å². The van der Waals surface area contributed by atoms with E-state index in [0.29, 0.717) is 6.61 Å². The van der Waals surface area contributed by atoms with Crippen LogP contribution in [0, 0.1) is 0 Å². The van der Waals surface area contributed by atoms with Crippen molar-refractivity contribution in [1.29, 1.82) is 0 Å². The van der Waals surface area contributed by atoms with Crippen LogP contribution in [0.15, 0.2) is 47.8 Å². The van der Waals surface area contributed by atoms with E-state index < -0.39 is 0 Å². The van der Waals surface area contributed by atoms with Gasteiger partial charge in [-0.1, -0.05) is 6.92 Å². The van der Waals surface area contributed by atoms with Crippen molar-refractivity contribution in [3.8, 4) is 5.75 Å². The number of nitrogens with zero attached hydrogens (tertiary/aromatic N) is 3. The molecule has 104 valence electrons. The minimum absolute atomic E-state index is 0.642. The van der Waals surface area contributed by atoms with Crippen molar-refractivity contribution in [2.75, 3.05) is 12.4 Å². The lowest BCUT2D eigenvalue weighted by atomic mass is 10.3. The number of thioether (sulfide) groups is 1. The number of aliphatic imine (C=N–C) groups is 1. The van der Waals surface area contributed by atoms with E-state index in [1.165, 1.54) is 0 Å². The van der Waals surface area contributed by atoms with Gasteiger partial charge in [0.2, 0.25) is 0 Å². The molecule has 4 nitrogen and oxygen atoms in total. The summed E-state index contributed by atoms with van der Waals surface area (Å²) >= 11 is 1.67. The molecule has 2 heterocycles. The lowest BCUT2D eigenvalue weighted by Crippen LogP contribution is -2.00. The third-order valence-corrected chi connectivity index (χ3v) is 3.30. The van der Waals surface area contributed by atoms with E-state index in [4.69, 9.17) is 4.74 Å². The third-order valence-electron chi connectivity index (χ3n) is 2.44. The number of rotatable bonds is 5. The van der Waals surface area contributed by atoms with Gasteiger partial charge >= 0.3 is 0 Å². The molecule has 0 spiro atoms. The Morgan fingerprint density at radius 2 is 2.00 bits per heavy atom. The van der Waals surface area contributed by atoms with Crippen LogP contribution in [0.1, 0.15) is 19.5 Å². The summed E-state index contributed by atoms with van der Waals surface area (Å²) in [4.78, 5) is 13.0. The second-order valence-corrected chi connectivity index (χ2v) is 5.12. The lowest BCUT2D eigenvalue weighted by molar-refractivity contribution is 0.339. The van der Waals surface area contributed by atoms with E-state index in [1.807, 2.05) is 31.2 Å². The zero-order valence-corrected chi connectivity index (χ0v) is 12.4. The van der Waals surface area contributed by atoms with Crippen molar-refractivity contribution in [3.63, 3.8) is 0 Å². The standard InChI is InChI=1S/C15H17N3OS/c1-3-19-13-5-6-14(17-11-13)15(20-4-2)18-12-7-9-16-10-8-12/h5-11H,3-4H2,1-2H3. The molecule has 5 heteroatoms. The van der Waals surface area contributed by atoms with Crippen LogP contribution in [-0.2, 0) is 0 Å². The van der Waals surface area contributed by atoms with Crippen molar-refractivity contribution in [1.82, 2.24) is 9.97 Å². The molecule has 2 rings (SSSR count). The first-order valence-electron chi connectivity index (χ1n) is 6.54. The Morgan fingerprint density at radius 1 is 1.20 bits per heavy atom. The van der Waals surface area contributed by atoms with Gasteiger partial charge in [-0.25, -0.2) is 4.99 Å². The predicted molar refractivity (Wildman–Crippen MR) is 84.0 cm³/mol. The van der Waals surface area contributed by atoms with Crippen LogP contribution < -0.4 is 4.74 Å². The van der Waals surface area contributed by atoms with E-state index in [1.54, 1.807) is 30.4 Å². The summed E-state index contributed by atoms with van der Waals surface area (Å²) in [7, 11) is 0. The van der Waals surface area contributed by atoms with Gasteiger partial charge in [0.1, 0.15) is 10.8 Å². The van der Waals surface area contributed by atoms with Gasteiger partial charge < -0.3 is 4.74 Å². The Hall–Kier alpha value is -1.88. The molecule has 0 aromatic carbocycles. The molecule has 0 N–H and O–H groups in total. The maximum Gasteiger partial charge on any atom is 0.137 e. The molecule has 2 aromatic heterocycles. The number of pyridine rings is 2. The maximum absolute atomic E-state index is 5.40. The predicted octanol–water partition coefficient (Wildman–Crippen LogP) is 3.71. The van der Waals surface area contributed by atoms with Crippen LogP contribution in [0.3, 0.4) is 0 Å². The van der Waals surface area contributed by atoms with E-state index in [0.717, 1.165) is 27.9 Å². The fourth-order valence-corrected chi connectivity index (χ4v) is 2.31. The third kappa shape index (κ3) is 4.06. The van der Waals surface area contributed by atoms with Crippen molar-refractivity contribution < 1.29 is 4.74 Å². The highest BCUT2D eigenvalue weighted by Crippen LogP contribution is 2.19. The first kappa shape index (κ1) is 14.5. The normalized spacial score (nSPS) is 11.4. The summed E-state index contributed by atoms with van der Waals surface area (Å²) in [6, 6.07) is 7.62. The first-order chi connectivity index (χ1) is 9.83. The molecule has 0 amide bonds. The van der Waals surface area contributed by atoms with Crippen molar-refractivity contribution in [3.05, 3.63) is 48.5 Å². The Balaban J connectivity index is 2.26. The molecular formula is C15H17N3OS. The molecular weight excluding hydrogens is 270 g/mol. The molecule has 0 atom stereocenters. The zero-order valence-electron chi connectivity index (χ0n) is 11.6. The summed E-state index contributed by atoms with van der Waals surface area (Å²) < 4.78 is 5.40. The summed E-state index contributed by atoms with van der Waals surface area (Å²) in [6.07, 6.45) is 5.20. The highest BCUT2D eigenvalue weighted by molar-refractivity contribution is 8.14. The van der Waals surface area contributed by atoms with Gasteiger partial charge in [0.15, 0.2) is 0 Å². The Labute approximate surface area is 123 Å². The summed E-state index contributed by atoms with van der Waals surface area (Å²) in [6.45, 7) is 4.70. The molecule has 2 aromatic rings. The second kappa shape index (κ2) is 7.65. The smallest absolute Gasteiger partial charge is 0.137 e. The van der Waals surface area contributed by atoms with Gasteiger partial charge in [-0.05, 0) is 36.9 Å². The minimum atomic E-state index is 0.642. The highest BCUT2D eigenvalue weighted by Gasteiger charge is 2.06. The van der Waals surface area contributed by atoms with Crippen molar-refractivity contribution in [2.24, 2.45) is 4.99 Å². The van der Waals surface area contributed by atoms with E-state index >= 15 is 0 Å². The van der Waals surface area contributed by atoms with Gasteiger partial charge in [-0.3, -0.25) is 9.97 Å². The number of ether oxygens (including phenoxy) is 1. The highest BCUT2D eigenvalue weighted by atomic mass is 32.2. The minimum Gasteiger partial charge on any atom is -0.492 e. The van der Waals surface area contributed by atoms with E-state index in [-0.39, 0.29) is 0 Å². The van der Waals surface area contributed by atoms with Crippen LogP contribution in [0.2, 0.25) is 0 Å². The van der Waals surface area contributed by atoms with Gasteiger partial charge in [0.05, 0.1) is 24.2 Å². The molecule has 0 radical (unpaired) electrons. The number of hydrogen-bond donors (Lipinski definition) is 0. The zero-order chi connectivity index (χ0) is 14.2. The van der Waals surface area contributed by atoms with Crippen LogP contribution >= 0.6 is 11.8 Å². The summed E-state index contributed by atoms with van der Waals surface area (Å²) in [5, 5.41) is 0.904. The van der Waals surface area contributed by atoms with Gasteiger partial charge in [-0.2, -0.15) is 0 Å². The van der Waals surface area contributed by atoms with Gasteiger partial charge in [-0.15, -0.1) is 11.8 Å². The number of hydrogen-bond acceptors (Lipinski definition) is 5. The van der Waals surface area contributed by atoms with Crippen LogP contribution in [0.25, 0.3) is 0 Å². The Morgan fingerprint density at radius 3 is 2.60 bits per heavy atom. The molecule has 0 aliphatic carbocycles. The maximum atomic E-state index is 5.40. The molecule has 0 aliphatic rings. The molecule has 0 fully saturated rings. The average molecular weight is 287 g/mol. The van der Waals surface area contributed by atoms with Gasteiger partial charge in [0, 0.05) is 12.4 Å².